The maximum atomic E-state index is 10.8. The molecule has 3 aliphatic heterocycles. The van der Waals surface area contributed by atoms with Crippen molar-refractivity contribution >= 4 is 11.5 Å². The molecule has 2 aromatic rings. The number of anilines is 1. The fourth-order valence-electron chi connectivity index (χ4n) is 3.66. The van der Waals surface area contributed by atoms with Gasteiger partial charge in [0.1, 0.15) is 5.82 Å². The molecule has 3 saturated heterocycles. The number of rotatable bonds is 5. The fraction of sp³-hybridized carbons (Fsp3) is 0.444. The number of nitro groups is 1. The first-order valence-corrected chi connectivity index (χ1v) is 8.89. The largest absolute Gasteiger partial charge is 0.368 e. The van der Waals surface area contributed by atoms with Crippen LogP contribution in [0.4, 0.5) is 11.5 Å². The predicted octanol–water partition coefficient (Wildman–Crippen LogP) is 1.77. The van der Waals surface area contributed by atoms with E-state index in [0.717, 1.165) is 43.3 Å². The molecule has 1 unspecified atom stereocenters. The van der Waals surface area contributed by atoms with E-state index in [1.807, 2.05) is 13.0 Å². The van der Waals surface area contributed by atoms with Gasteiger partial charge < -0.3 is 5.32 Å². The molecule has 4 heterocycles. The van der Waals surface area contributed by atoms with Crippen LogP contribution >= 0.6 is 0 Å². The Bertz CT molecular complexity index is 802. The number of fused-ring (bicyclic) bond motifs is 3. The summed E-state index contributed by atoms with van der Waals surface area (Å²) in [5, 5.41) is 14.3. The molecule has 2 bridgehead atoms. The Hall–Kier alpha value is -2.58. The van der Waals surface area contributed by atoms with Gasteiger partial charge in [0, 0.05) is 74.8 Å². The summed E-state index contributed by atoms with van der Waals surface area (Å²) in [6.07, 6.45) is 0. The van der Waals surface area contributed by atoms with Crippen molar-refractivity contribution in [2.45, 2.75) is 13.0 Å². The van der Waals surface area contributed by atoms with Gasteiger partial charge in [-0.25, -0.2) is 9.97 Å². The van der Waals surface area contributed by atoms with Crippen molar-refractivity contribution < 1.29 is 4.92 Å². The minimum absolute atomic E-state index is 0.0659. The molecular formula is C18H22N6O2. The van der Waals surface area contributed by atoms with Gasteiger partial charge in [-0.05, 0) is 19.1 Å². The zero-order valence-electron chi connectivity index (χ0n) is 14.8. The van der Waals surface area contributed by atoms with Crippen molar-refractivity contribution in [3.63, 3.8) is 0 Å². The first-order valence-electron chi connectivity index (χ1n) is 8.89. The molecule has 8 heteroatoms. The minimum Gasteiger partial charge on any atom is -0.368 e. The quantitative estimate of drug-likeness (QED) is 0.647. The minimum atomic E-state index is -0.406. The van der Waals surface area contributed by atoms with E-state index in [1.54, 1.807) is 12.1 Å². The summed E-state index contributed by atoms with van der Waals surface area (Å²) in [6.45, 7) is 8.52. The SMILES string of the molecule is Cc1cc(NCC2CN3CCN2CC3)nc(-c2ccc([N+](=O)[O-])cc2)n1. The number of hydrogen-bond donors (Lipinski definition) is 1. The summed E-state index contributed by atoms with van der Waals surface area (Å²) in [7, 11) is 0. The van der Waals surface area contributed by atoms with Crippen LogP contribution in [0.3, 0.4) is 0 Å². The highest BCUT2D eigenvalue weighted by atomic mass is 16.6. The zero-order valence-corrected chi connectivity index (χ0v) is 14.8. The molecule has 1 aromatic heterocycles. The predicted molar refractivity (Wildman–Crippen MR) is 99.2 cm³/mol. The van der Waals surface area contributed by atoms with Gasteiger partial charge in [0.2, 0.25) is 0 Å². The number of hydrogen-bond acceptors (Lipinski definition) is 7. The highest BCUT2D eigenvalue weighted by molar-refractivity contribution is 5.59. The standard InChI is InChI=1S/C18H22N6O2/c1-13-10-17(19-11-16-12-22-6-8-23(16)9-7-22)21-18(20-13)14-2-4-15(5-3-14)24(25)26/h2-5,10,16H,6-9,11-12H2,1H3,(H,19,20,21). The van der Waals surface area contributed by atoms with Gasteiger partial charge in [-0.2, -0.15) is 0 Å². The number of non-ortho nitro benzene ring substituents is 1. The van der Waals surface area contributed by atoms with Crippen molar-refractivity contribution in [1.29, 1.82) is 0 Å². The molecule has 136 valence electrons. The van der Waals surface area contributed by atoms with Crippen LogP contribution in [0.15, 0.2) is 30.3 Å². The van der Waals surface area contributed by atoms with Crippen molar-refractivity contribution in [2.24, 2.45) is 0 Å². The van der Waals surface area contributed by atoms with Crippen molar-refractivity contribution in [2.75, 3.05) is 44.6 Å². The summed E-state index contributed by atoms with van der Waals surface area (Å²) in [6, 6.07) is 8.79. The Balaban J connectivity index is 1.48. The average molecular weight is 354 g/mol. The maximum Gasteiger partial charge on any atom is 0.269 e. The van der Waals surface area contributed by atoms with Crippen LogP contribution in [-0.2, 0) is 0 Å². The van der Waals surface area contributed by atoms with E-state index in [2.05, 4.69) is 25.1 Å². The summed E-state index contributed by atoms with van der Waals surface area (Å²) in [4.78, 5) is 24.5. The maximum absolute atomic E-state index is 10.8. The van der Waals surface area contributed by atoms with Crippen LogP contribution in [0.25, 0.3) is 11.4 Å². The number of piperazine rings is 3. The van der Waals surface area contributed by atoms with E-state index in [9.17, 15) is 10.1 Å². The highest BCUT2D eigenvalue weighted by Crippen LogP contribution is 2.22. The van der Waals surface area contributed by atoms with Crippen LogP contribution < -0.4 is 5.32 Å². The molecule has 1 aromatic carbocycles. The van der Waals surface area contributed by atoms with Crippen LogP contribution in [0.2, 0.25) is 0 Å². The monoisotopic (exact) mass is 354 g/mol. The zero-order chi connectivity index (χ0) is 18.1. The van der Waals surface area contributed by atoms with Gasteiger partial charge in [-0.1, -0.05) is 0 Å². The molecule has 0 spiro atoms. The van der Waals surface area contributed by atoms with E-state index in [0.29, 0.717) is 11.9 Å². The topological polar surface area (TPSA) is 87.4 Å². The van der Waals surface area contributed by atoms with Crippen LogP contribution in [0, 0.1) is 17.0 Å². The van der Waals surface area contributed by atoms with E-state index >= 15 is 0 Å². The molecule has 3 fully saturated rings. The number of benzene rings is 1. The number of aryl methyl sites for hydroxylation is 1. The lowest BCUT2D eigenvalue weighted by Crippen LogP contribution is -2.62. The molecule has 3 aliphatic rings. The molecule has 0 aliphatic carbocycles. The van der Waals surface area contributed by atoms with Crippen LogP contribution in [0.5, 0.6) is 0 Å². The van der Waals surface area contributed by atoms with Crippen LogP contribution in [-0.4, -0.2) is 70.0 Å². The molecule has 0 radical (unpaired) electrons. The highest BCUT2D eigenvalue weighted by Gasteiger charge is 2.31. The van der Waals surface area contributed by atoms with Crippen molar-refractivity contribution in [3.05, 3.63) is 46.1 Å². The summed E-state index contributed by atoms with van der Waals surface area (Å²) in [5.74, 6) is 1.38. The lowest BCUT2D eigenvalue weighted by molar-refractivity contribution is -0.384. The molecule has 5 rings (SSSR count). The first-order chi connectivity index (χ1) is 12.6. The number of nitrogens with one attached hydrogen (secondary N) is 1. The molecule has 26 heavy (non-hydrogen) atoms. The van der Waals surface area contributed by atoms with E-state index in [-0.39, 0.29) is 5.69 Å². The summed E-state index contributed by atoms with van der Waals surface area (Å²) >= 11 is 0. The van der Waals surface area contributed by atoms with E-state index in [4.69, 9.17) is 0 Å². The third-order valence-electron chi connectivity index (χ3n) is 5.10. The summed E-state index contributed by atoms with van der Waals surface area (Å²) < 4.78 is 0. The smallest absolute Gasteiger partial charge is 0.269 e. The normalized spacial score (nSPS) is 24.4. The molecule has 8 nitrogen and oxygen atoms in total. The Morgan fingerprint density at radius 2 is 1.92 bits per heavy atom. The molecule has 0 saturated carbocycles. The third kappa shape index (κ3) is 3.51. The van der Waals surface area contributed by atoms with E-state index in [1.165, 1.54) is 25.2 Å². The average Bonchev–Trinajstić information content (AvgIpc) is 2.67. The van der Waals surface area contributed by atoms with Gasteiger partial charge in [-0.3, -0.25) is 19.9 Å². The Morgan fingerprint density at radius 3 is 2.54 bits per heavy atom. The summed E-state index contributed by atoms with van der Waals surface area (Å²) in [5.41, 5.74) is 1.70. The number of nitrogens with zero attached hydrogens (tertiary/aromatic N) is 5. The van der Waals surface area contributed by atoms with Crippen molar-refractivity contribution in [1.82, 2.24) is 19.8 Å². The fourth-order valence-corrected chi connectivity index (χ4v) is 3.66. The van der Waals surface area contributed by atoms with Gasteiger partial charge >= 0.3 is 0 Å². The third-order valence-corrected chi connectivity index (χ3v) is 5.10. The lowest BCUT2D eigenvalue weighted by atomic mass is 10.1. The molecule has 0 amide bonds. The van der Waals surface area contributed by atoms with Gasteiger partial charge in [0.25, 0.3) is 5.69 Å². The molecular weight excluding hydrogens is 332 g/mol. The molecule has 1 atom stereocenters. The second-order valence-corrected chi connectivity index (χ2v) is 6.89. The van der Waals surface area contributed by atoms with Crippen LogP contribution in [0.1, 0.15) is 5.69 Å². The van der Waals surface area contributed by atoms with E-state index < -0.39 is 4.92 Å². The second-order valence-electron chi connectivity index (χ2n) is 6.89. The first kappa shape index (κ1) is 16.9. The number of aromatic nitrogens is 2. The van der Waals surface area contributed by atoms with Gasteiger partial charge in [0.05, 0.1) is 4.92 Å². The van der Waals surface area contributed by atoms with Crippen molar-refractivity contribution in [3.8, 4) is 11.4 Å². The second kappa shape index (κ2) is 6.97. The number of nitro benzene ring substituents is 1. The lowest BCUT2D eigenvalue weighted by Gasteiger charge is -2.47. The Morgan fingerprint density at radius 1 is 1.19 bits per heavy atom. The Labute approximate surface area is 152 Å². The van der Waals surface area contributed by atoms with Gasteiger partial charge in [-0.15, -0.1) is 0 Å². The van der Waals surface area contributed by atoms with Gasteiger partial charge in [0.15, 0.2) is 5.82 Å². The Kier molecular flexibility index (Phi) is 4.52. The molecule has 1 N–H and O–H groups in total.